The van der Waals surface area contributed by atoms with Gasteiger partial charge in [-0.15, -0.1) is 11.3 Å². The van der Waals surface area contributed by atoms with Gasteiger partial charge in [0.15, 0.2) is 0 Å². The summed E-state index contributed by atoms with van der Waals surface area (Å²) in [5, 5.41) is 11.9. The maximum absolute atomic E-state index is 11.4. The number of thiazole rings is 1. The first kappa shape index (κ1) is 16.1. The van der Waals surface area contributed by atoms with Crippen LogP contribution in [0.4, 0.5) is 0 Å². The fraction of sp³-hybridized carbons (Fsp3) is 0.643. The minimum atomic E-state index is -0.605. The van der Waals surface area contributed by atoms with E-state index >= 15 is 0 Å². The van der Waals surface area contributed by atoms with Gasteiger partial charge in [0.05, 0.1) is 17.3 Å². The number of aromatic nitrogens is 1. The Morgan fingerprint density at radius 1 is 1.53 bits per heavy atom. The molecule has 19 heavy (non-hydrogen) atoms. The van der Waals surface area contributed by atoms with Crippen molar-refractivity contribution in [1.29, 1.82) is 0 Å². The Bertz CT molecular complexity index is 366. The van der Waals surface area contributed by atoms with Gasteiger partial charge in [-0.1, -0.05) is 20.3 Å². The van der Waals surface area contributed by atoms with E-state index in [4.69, 9.17) is 5.73 Å². The van der Waals surface area contributed by atoms with E-state index in [1.165, 1.54) is 11.3 Å². The van der Waals surface area contributed by atoms with E-state index in [1.807, 2.05) is 5.38 Å². The van der Waals surface area contributed by atoms with Gasteiger partial charge in [0.25, 0.3) is 0 Å². The van der Waals surface area contributed by atoms with Crippen LogP contribution in [0.2, 0.25) is 0 Å². The lowest BCUT2D eigenvalue weighted by molar-refractivity contribution is -0.123. The molecule has 1 amide bonds. The molecule has 0 aliphatic carbocycles. The van der Waals surface area contributed by atoms with Crippen LogP contribution >= 0.6 is 11.3 Å². The summed E-state index contributed by atoms with van der Waals surface area (Å²) in [5.74, 6) is -0.0242. The average Bonchev–Trinajstić information content (AvgIpc) is 2.84. The Hall–Kier alpha value is -0.940. The van der Waals surface area contributed by atoms with Crippen molar-refractivity contribution in [3.8, 4) is 0 Å². The third-order valence-electron chi connectivity index (χ3n) is 3.10. The van der Waals surface area contributed by atoms with Crippen LogP contribution in [0.25, 0.3) is 0 Å². The predicted octanol–water partition coefficient (Wildman–Crippen LogP) is 2.18. The van der Waals surface area contributed by atoms with Crippen molar-refractivity contribution < 1.29 is 9.90 Å². The molecule has 5 heteroatoms. The van der Waals surface area contributed by atoms with Gasteiger partial charge in [0.1, 0.15) is 0 Å². The zero-order valence-corrected chi connectivity index (χ0v) is 12.4. The van der Waals surface area contributed by atoms with Crippen molar-refractivity contribution in [3.63, 3.8) is 0 Å². The highest BCUT2D eigenvalue weighted by Gasteiger charge is 2.20. The second-order valence-electron chi connectivity index (χ2n) is 5.29. The van der Waals surface area contributed by atoms with E-state index in [-0.39, 0.29) is 11.8 Å². The number of aliphatic hydroxyl groups is 1. The number of primary amides is 1. The minimum Gasteiger partial charge on any atom is -0.393 e. The van der Waals surface area contributed by atoms with Crippen molar-refractivity contribution in [2.75, 3.05) is 0 Å². The topological polar surface area (TPSA) is 76.2 Å². The molecule has 3 N–H and O–H groups in total. The number of carbonyl (C=O) groups excluding carboxylic acids is 1. The molecule has 0 aliphatic rings. The molecule has 0 aromatic carbocycles. The first-order valence-electron chi connectivity index (χ1n) is 6.66. The lowest BCUT2D eigenvalue weighted by atomic mass is 9.91. The summed E-state index contributed by atoms with van der Waals surface area (Å²) in [6.45, 7) is 4.23. The van der Waals surface area contributed by atoms with Crippen LogP contribution in [0, 0.1) is 18.3 Å². The minimum absolute atomic E-state index is 0.246. The lowest BCUT2D eigenvalue weighted by Crippen LogP contribution is -2.28. The molecule has 1 radical (unpaired) electrons. The normalized spacial score (nSPS) is 14.5. The molecule has 0 bridgehead atoms. The van der Waals surface area contributed by atoms with Gasteiger partial charge in [-0.2, -0.15) is 0 Å². The summed E-state index contributed by atoms with van der Waals surface area (Å²) in [7, 11) is 0. The lowest BCUT2D eigenvalue weighted by Gasteiger charge is -2.18. The highest BCUT2D eigenvalue weighted by molar-refractivity contribution is 7.07. The Kier molecular flexibility index (Phi) is 7.02. The van der Waals surface area contributed by atoms with E-state index in [0.29, 0.717) is 18.8 Å². The van der Waals surface area contributed by atoms with Crippen molar-refractivity contribution in [2.45, 2.75) is 45.6 Å². The number of amides is 1. The standard InChI is InChI=1S/C14H23N2O2S/c1-10(2)3-4-11(14(15)18)7-13(17)6-5-12-8-19-9-16-12/h6,8-11,13,17H,3-5,7H2,1-2H3,(H2,15,18)/t11-,13+/m1/s1. The fourth-order valence-corrected chi connectivity index (χ4v) is 2.46. The summed E-state index contributed by atoms with van der Waals surface area (Å²) >= 11 is 1.53. The van der Waals surface area contributed by atoms with Crippen LogP contribution in [0.3, 0.4) is 0 Å². The van der Waals surface area contributed by atoms with Crippen LogP contribution in [0.15, 0.2) is 10.9 Å². The Morgan fingerprint density at radius 2 is 2.26 bits per heavy atom. The zero-order chi connectivity index (χ0) is 14.3. The SMILES string of the molecule is CC(C)CC[C@H](C[C@@H](O)[CH]Cc1cscn1)C(N)=O. The summed E-state index contributed by atoms with van der Waals surface area (Å²) in [6.07, 6.45) is 3.92. The number of hydrogen-bond acceptors (Lipinski definition) is 4. The maximum atomic E-state index is 11.4. The molecule has 0 saturated heterocycles. The largest absolute Gasteiger partial charge is 0.393 e. The number of carbonyl (C=O) groups is 1. The molecule has 1 rings (SSSR count). The highest BCUT2D eigenvalue weighted by atomic mass is 32.1. The van der Waals surface area contributed by atoms with Gasteiger partial charge in [-0.05, 0) is 31.6 Å². The smallest absolute Gasteiger partial charge is 0.220 e. The second-order valence-corrected chi connectivity index (χ2v) is 6.01. The van der Waals surface area contributed by atoms with Gasteiger partial charge in [0, 0.05) is 11.3 Å². The molecule has 0 fully saturated rings. The molecule has 0 spiro atoms. The summed E-state index contributed by atoms with van der Waals surface area (Å²) in [6, 6.07) is 0. The highest BCUT2D eigenvalue weighted by Crippen LogP contribution is 2.19. The predicted molar refractivity (Wildman–Crippen MR) is 77.5 cm³/mol. The number of nitrogens with zero attached hydrogens (tertiary/aromatic N) is 1. The Morgan fingerprint density at radius 3 is 2.79 bits per heavy atom. The van der Waals surface area contributed by atoms with Gasteiger partial charge in [-0.25, -0.2) is 4.98 Å². The van der Waals surface area contributed by atoms with Gasteiger partial charge in [0.2, 0.25) is 5.91 Å². The van der Waals surface area contributed by atoms with Gasteiger partial charge in [-0.3, -0.25) is 4.79 Å². The third kappa shape index (κ3) is 6.68. The first-order chi connectivity index (χ1) is 8.99. The summed E-state index contributed by atoms with van der Waals surface area (Å²) in [5.41, 5.74) is 8.10. The van der Waals surface area contributed by atoms with Crippen LogP contribution in [-0.2, 0) is 11.2 Å². The van der Waals surface area contributed by atoms with Crippen LogP contribution < -0.4 is 5.73 Å². The molecule has 107 valence electrons. The number of nitrogens with two attached hydrogens (primary N) is 1. The molecule has 2 atom stereocenters. The molecule has 1 aromatic rings. The van der Waals surface area contributed by atoms with Crippen LogP contribution in [0.1, 0.15) is 38.8 Å². The molecule has 1 heterocycles. The first-order valence-corrected chi connectivity index (χ1v) is 7.61. The van der Waals surface area contributed by atoms with E-state index < -0.39 is 6.10 Å². The molecular weight excluding hydrogens is 260 g/mol. The average molecular weight is 283 g/mol. The van der Waals surface area contributed by atoms with Crippen molar-refractivity contribution >= 4 is 17.2 Å². The van der Waals surface area contributed by atoms with Crippen molar-refractivity contribution in [3.05, 3.63) is 23.0 Å². The third-order valence-corrected chi connectivity index (χ3v) is 3.74. The van der Waals surface area contributed by atoms with Gasteiger partial charge >= 0.3 is 0 Å². The van der Waals surface area contributed by atoms with Gasteiger partial charge < -0.3 is 10.8 Å². The zero-order valence-electron chi connectivity index (χ0n) is 11.6. The van der Waals surface area contributed by atoms with E-state index in [9.17, 15) is 9.90 Å². The second kappa shape index (κ2) is 8.27. The number of hydrogen-bond donors (Lipinski definition) is 2. The van der Waals surface area contributed by atoms with E-state index in [1.54, 1.807) is 11.9 Å². The van der Waals surface area contributed by atoms with E-state index in [2.05, 4.69) is 18.8 Å². The Labute approximate surface area is 119 Å². The van der Waals surface area contributed by atoms with Crippen LogP contribution in [0.5, 0.6) is 0 Å². The fourth-order valence-electron chi connectivity index (χ4n) is 1.89. The maximum Gasteiger partial charge on any atom is 0.220 e. The van der Waals surface area contributed by atoms with E-state index in [0.717, 1.165) is 18.5 Å². The molecular formula is C14H23N2O2S. The molecule has 0 unspecified atom stereocenters. The molecule has 0 aliphatic heterocycles. The number of rotatable bonds is 9. The molecule has 4 nitrogen and oxygen atoms in total. The Balaban J connectivity index is 2.33. The van der Waals surface area contributed by atoms with Crippen molar-refractivity contribution in [1.82, 2.24) is 4.98 Å². The quantitative estimate of drug-likeness (QED) is 0.729. The summed E-state index contributed by atoms with van der Waals surface area (Å²) in [4.78, 5) is 15.5. The summed E-state index contributed by atoms with van der Waals surface area (Å²) < 4.78 is 0. The van der Waals surface area contributed by atoms with Crippen LogP contribution in [-0.4, -0.2) is 22.1 Å². The molecule has 0 saturated carbocycles. The molecule has 1 aromatic heterocycles. The van der Waals surface area contributed by atoms with Crippen molar-refractivity contribution in [2.24, 2.45) is 17.6 Å². The monoisotopic (exact) mass is 283 g/mol. The number of aliphatic hydroxyl groups excluding tert-OH is 1.